The monoisotopic (exact) mass is 240 g/mol. The fraction of sp³-hybridized carbons (Fsp3) is 0.846. The highest BCUT2D eigenvalue weighted by Crippen LogP contribution is 2.25. The van der Waals surface area contributed by atoms with E-state index in [1.165, 1.54) is 0 Å². The van der Waals surface area contributed by atoms with E-state index in [2.05, 4.69) is 11.4 Å². The number of hydrogen-bond acceptors (Lipinski definition) is 3. The van der Waals surface area contributed by atoms with Gasteiger partial charge in [0.15, 0.2) is 0 Å². The summed E-state index contributed by atoms with van der Waals surface area (Å²) in [4.78, 5) is 12.0. The summed E-state index contributed by atoms with van der Waals surface area (Å²) in [5.41, 5.74) is -1.30. The van der Waals surface area contributed by atoms with Gasteiger partial charge in [-0.25, -0.2) is 0 Å². The van der Waals surface area contributed by atoms with Crippen molar-refractivity contribution in [2.24, 2.45) is 5.41 Å². The third kappa shape index (κ3) is 4.35. The van der Waals surface area contributed by atoms with Crippen LogP contribution in [0.25, 0.3) is 0 Å². The van der Waals surface area contributed by atoms with Crippen molar-refractivity contribution in [3.8, 4) is 6.07 Å². The summed E-state index contributed by atoms with van der Waals surface area (Å²) < 4.78 is 5.50. The Morgan fingerprint density at radius 2 is 1.82 bits per heavy atom. The Morgan fingerprint density at radius 3 is 2.18 bits per heavy atom. The van der Waals surface area contributed by atoms with Gasteiger partial charge in [0.25, 0.3) is 0 Å². The second kappa shape index (κ2) is 6.61. The van der Waals surface area contributed by atoms with Gasteiger partial charge in [0.1, 0.15) is 5.41 Å². The van der Waals surface area contributed by atoms with Gasteiger partial charge in [-0.05, 0) is 33.6 Å². The Labute approximate surface area is 104 Å². The van der Waals surface area contributed by atoms with Crippen LogP contribution in [0.2, 0.25) is 0 Å². The van der Waals surface area contributed by atoms with Gasteiger partial charge in [-0.3, -0.25) is 4.79 Å². The fourth-order valence-electron chi connectivity index (χ4n) is 1.68. The first-order chi connectivity index (χ1) is 7.87. The maximum Gasteiger partial charge on any atom is 0.240 e. The van der Waals surface area contributed by atoms with Crippen molar-refractivity contribution in [2.75, 3.05) is 13.2 Å². The van der Waals surface area contributed by atoms with Crippen molar-refractivity contribution >= 4 is 5.91 Å². The topological polar surface area (TPSA) is 62.1 Å². The Bertz CT molecular complexity index is 288. The zero-order valence-electron chi connectivity index (χ0n) is 11.6. The molecular weight excluding hydrogens is 216 g/mol. The molecule has 0 spiro atoms. The number of nitriles is 1. The average Bonchev–Trinajstić information content (AvgIpc) is 2.29. The highest BCUT2D eigenvalue weighted by Gasteiger charge is 2.35. The zero-order valence-corrected chi connectivity index (χ0v) is 11.6. The number of nitrogens with zero attached hydrogens (tertiary/aromatic N) is 1. The predicted molar refractivity (Wildman–Crippen MR) is 67.3 cm³/mol. The Balaban J connectivity index is 4.50. The lowest BCUT2D eigenvalue weighted by molar-refractivity contribution is -0.130. The summed E-state index contributed by atoms with van der Waals surface area (Å²) in [6.07, 6.45) is 1.06. The van der Waals surface area contributed by atoms with Crippen LogP contribution < -0.4 is 5.32 Å². The molecule has 0 aliphatic heterocycles. The lowest BCUT2D eigenvalue weighted by atomic mass is 9.83. The van der Waals surface area contributed by atoms with Crippen LogP contribution >= 0.6 is 0 Å². The molecule has 0 aliphatic rings. The van der Waals surface area contributed by atoms with Gasteiger partial charge in [0.2, 0.25) is 5.91 Å². The summed E-state index contributed by atoms with van der Waals surface area (Å²) in [5, 5.41) is 12.0. The minimum Gasteiger partial charge on any atom is -0.374 e. The Morgan fingerprint density at radius 1 is 1.29 bits per heavy atom. The Kier molecular flexibility index (Phi) is 6.19. The summed E-state index contributed by atoms with van der Waals surface area (Å²) in [7, 11) is 0. The summed E-state index contributed by atoms with van der Waals surface area (Å²) >= 11 is 0. The van der Waals surface area contributed by atoms with Crippen LogP contribution in [-0.2, 0) is 9.53 Å². The molecule has 0 bridgehead atoms. The van der Waals surface area contributed by atoms with Gasteiger partial charge >= 0.3 is 0 Å². The number of rotatable bonds is 7. The Hall–Kier alpha value is -1.08. The molecular formula is C13H24N2O2. The quantitative estimate of drug-likeness (QED) is 0.742. The molecule has 0 heterocycles. The SMILES string of the molecule is CCOC(C)(C)CNC(=O)C(C#N)(CC)CC. The molecule has 0 fully saturated rings. The average molecular weight is 240 g/mol. The van der Waals surface area contributed by atoms with E-state index >= 15 is 0 Å². The fourth-order valence-corrected chi connectivity index (χ4v) is 1.68. The molecule has 1 N–H and O–H groups in total. The lowest BCUT2D eigenvalue weighted by Gasteiger charge is -2.28. The summed E-state index contributed by atoms with van der Waals surface area (Å²) in [6.45, 7) is 10.5. The number of carbonyl (C=O) groups excluding carboxylic acids is 1. The molecule has 0 atom stereocenters. The predicted octanol–water partition coefficient (Wildman–Crippen LogP) is 2.25. The van der Waals surface area contributed by atoms with Gasteiger partial charge in [0, 0.05) is 13.2 Å². The highest BCUT2D eigenvalue weighted by atomic mass is 16.5. The molecule has 0 rings (SSSR count). The molecule has 0 aromatic rings. The molecule has 0 saturated heterocycles. The van der Waals surface area contributed by atoms with E-state index in [4.69, 9.17) is 10.00 Å². The molecule has 0 aromatic carbocycles. The minimum absolute atomic E-state index is 0.197. The highest BCUT2D eigenvalue weighted by molar-refractivity contribution is 5.85. The first-order valence-electron chi connectivity index (χ1n) is 6.21. The largest absolute Gasteiger partial charge is 0.374 e. The first kappa shape index (κ1) is 15.9. The molecule has 0 unspecified atom stereocenters. The summed E-state index contributed by atoms with van der Waals surface area (Å²) in [6, 6.07) is 2.13. The second-order valence-electron chi connectivity index (χ2n) is 4.78. The van der Waals surface area contributed by atoms with Crippen LogP contribution in [0.5, 0.6) is 0 Å². The van der Waals surface area contributed by atoms with E-state index in [1.807, 2.05) is 34.6 Å². The number of carbonyl (C=O) groups is 1. The van der Waals surface area contributed by atoms with Gasteiger partial charge in [-0.15, -0.1) is 0 Å². The second-order valence-corrected chi connectivity index (χ2v) is 4.78. The first-order valence-corrected chi connectivity index (χ1v) is 6.21. The van der Waals surface area contributed by atoms with E-state index in [0.29, 0.717) is 26.0 Å². The molecule has 0 saturated carbocycles. The number of nitrogens with one attached hydrogen (secondary N) is 1. The molecule has 0 aromatic heterocycles. The third-order valence-corrected chi connectivity index (χ3v) is 3.07. The maximum atomic E-state index is 12.0. The van der Waals surface area contributed by atoms with E-state index in [9.17, 15) is 4.79 Å². The van der Waals surface area contributed by atoms with Gasteiger partial charge in [-0.1, -0.05) is 13.8 Å². The van der Waals surface area contributed by atoms with Crippen molar-refractivity contribution in [3.63, 3.8) is 0 Å². The van der Waals surface area contributed by atoms with Crippen molar-refractivity contribution in [3.05, 3.63) is 0 Å². The van der Waals surface area contributed by atoms with Crippen LogP contribution in [0.4, 0.5) is 0 Å². The van der Waals surface area contributed by atoms with E-state index in [1.54, 1.807) is 0 Å². The van der Waals surface area contributed by atoms with Crippen LogP contribution in [0.15, 0.2) is 0 Å². The molecule has 17 heavy (non-hydrogen) atoms. The van der Waals surface area contributed by atoms with Gasteiger partial charge in [-0.2, -0.15) is 5.26 Å². The van der Waals surface area contributed by atoms with E-state index in [-0.39, 0.29) is 5.91 Å². The lowest BCUT2D eigenvalue weighted by Crippen LogP contribution is -2.46. The van der Waals surface area contributed by atoms with E-state index in [0.717, 1.165) is 0 Å². The third-order valence-electron chi connectivity index (χ3n) is 3.07. The van der Waals surface area contributed by atoms with Crippen molar-refractivity contribution in [1.82, 2.24) is 5.32 Å². The van der Waals surface area contributed by atoms with Crippen LogP contribution in [-0.4, -0.2) is 24.7 Å². The number of hydrogen-bond donors (Lipinski definition) is 1. The summed E-state index contributed by atoms with van der Waals surface area (Å²) in [5.74, 6) is -0.197. The maximum absolute atomic E-state index is 12.0. The number of amides is 1. The van der Waals surface area contributed by atoms with Crippen LogP contribution in [0.1, 0.15) is 47.5 Å². The van der Waals surface area contributed by atoms with Crippen molar-refractivity contribution in [1.29, 1.82) is 5.26 Å². The molecule has 1 amide bonds. The smallest absolute Gasteiger partial charge is 0.240 e. The van der Waals surface area contributed by atoms with Crippen LogP contribution in [0, 0.1) is 16.7 Å². The zero-order chi connectivity index (χ0) is 13.5. The molecule has 98 valence electrons. The standard InChI is InChI=1S/C13H24N2O2/c1-6-13(7-2,9-14)11(16)15-10-12(4,5)17-8-3/h6-8,10H2,1-5H3,(H,15,16). The normalized spacial score (nSPS) is 12.0. The molecule has 4 heteroatoms. The van der Waals surface area contributed by atoms with Gasteiger partial charge in [0.05, 0.1) is 11.7 Å². The molecule has 4 nitrogen and oxygen atoms in total. The minimum atomic E-state index is -0.901. The van der Waals surface area contributed by atoms with Crippen molar-refractivity contribution in [2.45, 2.75) is 53.1 Å². The molecule has 0 radical (unpaired) electrons. The van der Waals surface area contributed by atoms with Crippen LogP contribution in [0.3, 0.4) is 0 Å². The number of ether oxygens (including phenoxy) is 1. The van der Waals surface area contributed by atoms with E-state index < -0.39 is 11.0 Å². The van der Waals surface area contributed by atoms with Gasteiger partial charge < -0.3 is 10.1 Å². The molecule has 0 aliphatic carbocycles. The van der Waals surface area contributed by atoms with Crippen molar-refractivity contribution < 1.29 is 9.53 Å².